The molecule has 0 bridgehead atoms. The highest BCUT2D eigenvalue weighted by molar-refractivity contribution is 5.97. The molecule has 1 saturated heterocycles. The fraction of sp³-hybridized carbons (Fsp3) is 0.467. The van der Waals surface area contributed by atoms with Crippen LogP contribution in [0.3, 0.4) is 0 Å². The molecule has 5 heteroatoms. The molecule has 1 unspecified atom stereocenters. The summed E-state index contributed by atoms with van der Waals surface area (Å²) in [6.45, 7) is 5.38. The topological polar surface area (TPSA) is 67.4 Å². The van der Waals surface area contributed by atoms with Crippen LogP contribution in [-0.4, -0.2) is 32.1 Å². The Kier molecular flexibility index (Phi) is 4.09. The van der Waals surface area contributed by atoms with Gasteiger partial charge in [-0.05, 0) is 50.6 Å². The number of methoxy groups -OCH3 is 1. The molecule has 2 N–H and O–H groups in total. The third-order valence-corrected chi connectivity index (χ3v) is 3.81. The van der Waals surface area contributed by atoms with E-state index in [2.05, 4.69) is 15.4 Å². The number of carbonyl (C=O) groups excluding carboxylic acids is 2. The van der Waals surface area contributed by atoms with Crippen LogP contribution in [0.2, 0.25) is 0 Å². The average Bonchev–Trinajstić information content (AvgIpc) is 2.88. The zero-order chi connectivity index (χ0) is 14.8. The molecule has 2 rings (SSSR count). The molecule has 1 aromatic rings. The summed E-state index contributed by atoms with van der Waals surface area (Å²) in [5.74, 6) is -0.366. The molecule has 0 aromatic heterocycles. The molecule has 1 aliphatic heterocycles. The van der Waals surface area contributed by atoms with Gasteiger partial charge in [0.1, 0.15) is 0 Å². The molecule has 1 amide bonds. The lowest BCUT2D eigenvalue weighted by atomic mass is 9.88. The minimum Gasteiger partial charge on any atom is -0.465 e. The van der Waals surface area contributed by atoms with E-state index in [-0.39, 0.29) is 17.3 Å². The third-order valence-electron chi connectivity index (χ3n) is 3.81. The lowest BCUT2D eigenvalue weighted by Crippen LogP contribution is -2.35. The molecule has 1 aliphatic rings. The summed E-state index contributed by atoms with van der Waals surface area (Å²) in [5.41, 5.74) is 1.69. The van der Waals surface area contributed by atoms with Crippen LogP contribution in [0.25, 0.3) is 0 Å². The fourth-order valence-electron chi connectivity index (χ4n) is 2.33. The summed E-state index contributed by atoms with van der Waals surface area (Å²) in [7, 11) is 1.35. The van der Waals surface area contributed by atoms with Crippen LogP contribution < -0.4 is 10.6 Å². The molecule has 108 valence electrons. The summed E-state index contributed by atoms with van der Waals surface area (Å²) in [5, 5.41) is 6.15. The van der Waals surface area contributed by atoms with Crippen LogP contribution in [0.1, 0.15) is 29.3 Å². The van der Waals surface area contributed by atoms with Gasteiger partial charge in [-0.25, -0.2) is 4.79 Å². The van der Waals surface area contributed by atoms with Crippen molar-refractivity contribution in [3.8, 4) is 0 Å². The van der Waals surface area contributed by atoms with Gasteiger partial charge in [0.25, 0.3) is 0 Å². The van der Waals surface area contributed by atoms with E-state index in [9.17, 15) is 9.59 Å². The molecule has 0 spiro atoms. The normalized spacial score (nSPS) is 21.6. The van der Waals surface area contributed by atoms with Crippen molar-refractivity contribution >= 4 is 17.6 Å². The second kappa shape index (κ2) is 5.63. The predicted octanol–water partition coefficient (Wildman–Crippen LogP) is 1.72. The largest absolute Gasteiger partial charge is 0.465 e. The standard InChI is InChI=1S/C15H20N2O3/c1-10-8-11(13(18)20-3)4-5-12(10)17-14(19)15(2)6-7-16-9-15/h4-5,8,16H,6-7,9H2,1-3H3,(H,17,19). The second-order valence-corrected chi connectivity index (χ2v) is 5.46. The van der Waals surface area contributed by atoms with Crippen molar-refractivity contribution in [2.24, 2.45) is 5.41 Å². The van der Waals surface area contributed by atoms with Crippen LogP contribution in [-0.2, 0) is 9.53 Å². The number of hydrogen-bond donors (Lipinski definition) is 2. The highest BCUT2D eigenvalue weighted by Gasteiger charge is 2.36. The minimum atomic E-state index is -0.377. The Morgan fingerprint density at radius 1 is 1.40 bits per heavy atom. The molecule has 0 saturated carbocycles. The number of esters is 1. The first-order valence-electron chi connectivity index (χ1n) is 6.67. The van der Waals surface area contributed by atoms with Crippen molar-refractivity contribution in [1.82, 2.24) is 5.32 Å². The van der Waals surface area contributed by atoms with Gasteiger partial charge in [0.15, 0.2) is 0 Å². The van der Waals surface area contributed by atoms with E-state index in [4.69, 9.17) is 0 Å². The first-order valence-corrected chi connectivity index (χ1v) is 6.67. The van der Waals surface area contributed by atoms with E-state index in [1.54, 1.807) is 18.2 Å². The van der Waals surface area contributed by atoms with Crippen LogP contribution in [0.15, 0.2) is 18.2 Å². The maximum Gasteiger partial charge on any atom is 0.337 e. The van der Waals surface area contributed by atoms with Crippen LogP contribution in [0, 0.1) is 12.3 Å². The zero-order valence-corrected chi connectivity index (χ0v) is 12.1. The Labute approximate surface area is 118 Å². The van der Waals surface area contributed by atoms with Crippen molar-refractivity contribution < 1.29 is 14.3 Å². The van der Waals surface area contributed by atoms with Gasteiger partial charge in [-0.3, -0.25) is 4.79 Å². The molecule has 1 fully saturated rings. The summed E-state index contributed by atoms with van der Waals surface area (Å²) in [4.78, 5) is 23.8. The quantitative estimate of drug-likeness (QED) is 0.825. The average molecular weight is 276 g/mol. The Hall–Kier alpha value is -1.88. The molecule has 1 heterocycles. The first kappa shape index (κ1) is 14.5. The van der Waals surface area contributed by atoms with Crippen LogP contribution in [0.5, 0.6) is 0 Å². The number of hydrogen-bond acceptors (Lipinski definition) is 4. The number of rotatable bonds is 3. The Morgan fingerprint density at radius 3 is 2.70 bits per heavy atom. The minimum absolute atomic E-state index is 0.0106. The Bertz CT molecular complexity index is 534. The van der Waals surface area contributed by atoms with Crippen molar-refractivity contribution in [1.29, 1.82) is 0 Å². The molecule has 1 atom stereocenters. The molecule has 20 heavy (non-hydrogen) atoms. The molecular formula is C15H20N2O3. The number of benzene rings is 1. The van der Waals surface area contributed by atoms with Gasteiger partial charge in [0.2, 0.25) is 5.91 Å². The third kappa shape index (κ3) is 2.82. The maximum absolute atomic E-state index is 12.3. The zero-order valence-electron chi connectivity index (χ0n) is 12.1. The molecule has 0 radical (unpaired) electrons. The smallest absolute Gasteiger partial charge is 0.337 e. The van der Waals surface area contributed by atoms with Gasteiger partial charge in [0.05, 0.1) is 18.1 Å². The predicted molar refractivity (Wildman–Crippen MR) is 76.7 cm³/mol. The highest BCUT2D eigenvalue weighted by Crippen LogP contribution is 2.27. The number of ether oxygens (including phenoxy) is 1. The summed E-state index contributed by atoms with van der Waals surface area (Å²) < 4.78 is 4.67. The second-order valence-electron chi connectivity index (χ2n) is 5.46. The number of carbonyl (C=O) groups is 2. The lowest BCUT2D eigenvalue weighted by molar-refractivity contribution is -0.123. The SMILES string of the molecule is COC(=O)c1ccc(NC(=O)C2(C)CCNC2)c(C)c1. The molecule has 0 aliphatic carbocycles. The van der Waals surface area contributed by atoms with Gasteiger partial charge >= 0.3 is 5.97 Å². The number of aryl methyl sites for hydroxylation is 1. The number of amides is 1. The van der Waals surface area contributed by atoms with Gasteiger partial charge in [-0.15, -0.1) is 0 Å². The van der Waals surface area contributed by atoms with E-state index in [1.165, 1.54) is 7.11 Å². The van der Waals surface area contributed by atoms with Crippen LogP contribution >= 0.6 is 0 Å². The summed E-state index contributed by atoms with van der Waals surface area (Å²) >= 11 is 0. The molecular weight excluding hydrogens is 256 g/mol. The van der Waals surface area contributed by atoms with E-state index >= 15 is 0 Å². The first-order chi connectivity index (χ1) is 9.46. The monoisotopic (exact) mass is 276 g/mol. The molecule has 1 aromatic carbocycles. The van der Waals surface area contributed by atoms with Gasteiger partial charge in [-0.1, -0.05) is 0 Å². The Balaban J connectivity index is 2.14. The Morgan fingerprint density at radius 2 is 2.15 bits per heavy atom. The number of anilines is 1. The van der Waals surface area contributed by atoms with Gasteiger partial charge < -0.3 is 15.4 Å². The van der Waals surface area contributed by atoms with Crippen molar-refractivity contribution in [3.05, 3.63) is 29.3 Å². The van der Waals surface area contributed by atoms with E-state index < -0.39 is 0 Å². The van der Waals surface area contributed by atoms with Crippen molar-refractivity contribution in [3.63, 3.8) is 0 Å². The highest BCUT2D eigenvalue weighted by atomic mass is 16.5. The molecule has 5 nitrogen and oxygen atoms in total. The lowest BCUT2D eigenvalue weighted by Gasteiger charge is -2.22. The van der Waals surface area contributed by atoms with Crippen molar-refractivity contribution in [2.75, 3.05) is 25.5 Å². The van der Waals surface area contributed by atoms with Crippen LogP contribution in [0.4, 0.5) is 5.69 Å². The van der Waals surface area contributed by atoms with Gasteiger partial charge in [-0.2, -0.15) is 0 Å². The van der Waals surface area contributed by atoms with E-state index in [0.29, 0.717) is 12.1 Å². The number of nitrogens with one attached hydrogen (secondary N) is 2. The summed E-state index contributed by atoms with van der Waals surface area (Å²) in [6, 6.07) is 5.12. The summed E-state index contributed by atoms with van der Waals surface area (Å²) in [6.07, 6.45) is 0.831. The maximum atomic E-state index is 12.3. The van der Waals surface area contributed by atoms with Gasteiger partial charge in [0, 0.05) is 12.2 Å². The van der Waals surface area contributed by atoms with E-state index in [1.807, 2.05) is 13.8 Å². The van der Waals surface area contributed by atoms with Crippen molar-refractivity contribution in [2.45, 2.75) is 20.3 Å². The fourth-order valence-corrected chi connectivity index (χ4v) is 2.33. The van der Waals surface area contributed by atoms with E-state index in [0.717, 1.165) is 24.2 Å².